The molecule has 0 fully saturated rings. The van der Waals surface area contributed by atoms with Crippen LogP contribution in [0.25, 0.3) is 0 Å². The standard InChI is InChI=1S/C17H29NO3/c1-13(2)11-18(8-9-20-4)12-16(19)15-10-14(3)6-7-17(15)21-5/h6-7,10,13,16,19H,8-9,11-12H2,1-5H3. The Balaban J connectivity index is 2.80. The Morgan fingerprint density at radius 1 is 1.19 bits per heavy atom. The smallest absolute Gasteiger partial charge is 0.124 e. The minimum absolute atomic E-state index is 0.550. The van der Waals surface area contributed by atoms with E-state index >= 15 is 0 Å². The van der Waals surface area contributed by atoms with Gasteiger partial charge in [-0.05, 0) is 25.0 Å². The Bertz CT molecular complexity index is 420. The highest BCUT2D eigenvalue weighted by Gasteiger charge is 2.18. The molecule has 1 unspecified atom stereocenters. The summed E-state index contributed by atoms with van der Waals surface area (Å²) < 4.78 is 10.5. The van der Waals surface area contributed by atoms with Gasteiger partial charge in [-0.2, -0.15) is 0 Å². The quantitative estimate of drug-likeness (QED) is 0.760. The Hall–Kier alpha value is -1.10. The van der Waals surface area contributed by atoms with E-state index in [1.807, 2.05) is 25.1 Å². The predicted molar refractivity (Wildman–Crippen MR) is 85.8 cm³/mol. The first-order valence-electron chi connectivity index (χ1n) is 7.51. The third kappa shape index (κ3) is 6.04. The summed E-state index contributed by atoms with van der Waals surface area (Å²) >= 11 is 0. The van der Waals surface area contributed by atoms with Crippen molar-refractivity contribution in [3.8, 4) is 5.75 Å². The molecule has 0 saturated carbocycles. The number of methoxy groups -OCH3 is 2. The molecule has 0 aromatic heterocycles. The topological polar surface area (TPSA) is 41.9 Å². The van der Waals surface area contributed by atoms with Gasteiger partial charge in [-0.15, -0.1) is 0 Å². The molecule has 21 heavy (non-hydrogen) atoms. The van der Waals surface area contributed by atoms with Gasteiger partial charge >= 0.3 is 0 Å². The molecular formula is C17H29NO3. The van der Waals surface area contributed by atoms with Crippen molar-refractivity contribution in [1.29, 1.82) is 0 Å². The number of nitrogens with zero attached hydrogens (tertiary/aromatic N) is 1. The van der Waals surface area contributed by atoms with E-state index in [1.165, 1.54) is 0 Å². The number of aliphatic hydroxyl groups is 1. The molecule has 1 atom stereocenters. The minimum Gasteiger partial charge on any atom is -0.496 e. The normalized spacial score (nSPS) is 13.0. The molecular weight excluding hydrogens is 266 g/mol. The fourth-order valence-electron chi connectivity index (χ4n) is 2.45. The van der Waals surface area contributed by atoms with Crippen LogP contribution >= 0.6 is 0 Å². The van der Waals surface area contributed by atoms with Gasteiger partial charge < -0.3 is 14.6 Å². The second-order valence-corrected chi connectivity index (χ2v) is 5.91. The van der Waals surface area contributed by atoms with Crippen LogP contribution in [0.4, 0.5) is 0 Å². The third-order valence-electron chi connectivity index (χ3n) is 3.41. The van der Waals surface area contributed by atoms with Crippen LogP contribution in [-0.4, -0.2) is 50.5 Å². The van der Waals surface area contributed by atoms with Gasteiger partial charge in [-0.3, -0.25) is 4.90 Å². The zero-order chi connectivity index (χ0) is 15.8. The van der Waals surface area contributed by atoms with Crippen LogP contribution in [0.5, 0.6) is 5.75 Å². The van der Waals surface area contributed by atoms with E-state index in [1.54, 1.807) is 14.2 Å². The van der Waals surface area contributed by atoms with E-state index in [9.17, 15) is 5.11 Å². The number of hydrogen-bond donors (Lipinski definition) is 1. The van der Waals surface area contributed by atoms with Crippen molar-refractivity contribution in [3.63, 3.8) is 0 Å². The van der Waals surface area contributed by atoms with Crippen molar-refractivity contribution >= 4 is 0 Å². The molecule has 120 valence electrons. The van der Waals surface area contributed by atoms with E-state index in [2.05, 4.69) is 18.7 Å². The van der Waals surface area contributed by atoms with E-state index < -0.39 is 6.10 Å². The summed E-state index contributed by atoms with van der Waals surface area (Å²) in [5.41, 5.74) is 1.97. The Labute approximate surface area is 128 Å². The molecule has 4 nitrogen and oxygen atoms in total. The molecule has 0 saturated heterocycles. The van der Waals surface area contributed by atoms with Gasteiger partial charge in [0.15, 0.2) is 0 Å². The van der Waals surface area contributed by atoms with Gasteiger partial charge in [0.05, 0.1) is 19.8 Å². The number of aryl methyl sites for hydroxylation is 1. The Kier molecular flexibility index (Phi) is 7.72. The zero-order valence-corrected chi connectivity index (χ0v) is 13.9. The van der Waals surface area contributed by atoms with E-state index in [-0.39, 0.29) is 0 Å². The molecule has 1 aromatic rings. The van der Waals surface area contributed by atoms with Crippen LogP contribution in [0.15, 0.2) is 18.2 Å². The van der Waals surface area contributed by atoms with Gasteiger partial charge in [0.1, 0.15) is 5.75 Å². The van der Waals surface area contributed by atoms with E-state index in [0.717, 1.165) is 30.0 Å². The molecule has 0 heterocycles. The summed E-state index contributed by atoms with van der Waals surface area (Å²) in [6, 6.07) is 5.90. The minimum atomic E-state index is -0.560. The fourth-order valence-corrected chi connectivity index (χ4v) is 2.45. The van der Waals surface area contributed by atoms with Crippen LogP contribution in [0.2, 0.25) is 0 Å². The van der Waals surface area contributed by atoms with Crippen molar-refractivity contribution in [2.45, 2.75) is 26.9 Å². The molecule has 0 spiro atoms. The maximum Gasteiger partial charge on any atom is 0.124 e. The van der Waals surface area contributed by atoms with Crippen LogP contribution in [0, 0.1) is 12.8 Å². The van der Waals surface area contributed by atoms with Gasteiger partial charge in [0, 0.05) is 32.3 Å². The van der Waals surface area contributed by atoms with Crippen LogP contribution < -0.4 is 4.74 Å². The molecule has 0 aliphatic rings. The first kappa shape index (κ1) is 18.0. The van der Waals surface area contributed by atoms with Gasteiger partial charge in [0.2, 0.25) is 0 Å². The molecule has 0 bridgehead atoms. The number of ether oxygens (including phenoxy) is 2. The fraction of sp³-hybridized carbons (Fsp3) is 0.647. The summed E-state index contributed by atoms with van der Waals surface area (Å²) in [4.78, 5) is 2.24. The Morgan fingerprint density at radius 2 is 1.90 bits per heavy atom. The third-order valence-corrected chi connectivity index (χ3v) is 3.41. The SMILES string of the molecule is COCCN(CC(C)C)CC(O)c1cc(C)ccc1OC. The number of benzene rings is 1. The van der Waals surface area contributed by atoms with Gasteiger partial charge in [-0.25, -0.2) is 0 Å². The average molecular weight is 295 g/mol. The van der Waals surface area contributed by atoms with Crippen LogP contribution in [0.3, 0.4) is 0 Å². The highest BCUT2D eigenvalue weighted by atomic mass is 16.5. The van der Waals surface area contributed by atoms with E-state index in [4.69, 9.17) is 9.47 Å². The van der Waals surface area contributed by atoms with Gasteiger partial charge in [0.25, 0.3) is 0 Å². The lowest BCUT2D eigenvalue weighted by molar-refractivity contribution is 0.0811. The lowest BCUT2D eigenvalue weighted by atomic mass is 10.0. The summed E-state index contributed by atoms with van der Waals surface area (Å²) in [6.45, 7) is 9.39. The lowest BCUT2D eigenvalue weighted by Crippen LogP contribution is -2.34. The molecule has 1 rings (SSSR count). The molecule has 0 aliphatic heterocycles. The summed E-state index contributed by atoms with van der Waals surface area (Å²) in [5.74, 6) is 1.29. The molecule has 1 aromatic carbocycles. The van der Waals surface area contributed by atoms with Crippen molar-refractivity contribution in [2.75, 3.05) is 40.5 Å². The number of rotatable bonds is 9. The molecule has 4 heteroatoms. The molecule has 0 amide bonds. The first-order valence-corrected chi connectivity index (χ1v) is 7.51. The second-order valence-electron chi connectivity index (χ2n) is 5.91. The van der Waals surface area contributed by atoms with E-state index in [0.29, 0.717) is 19.1 Å². The van der Waals surface area contributed by atoms with Crippen molar-refractivity contribution in [1.82, 2.24) is 4.90 Å². The molecule has 0 radical (unpaired) electrons. The monoisotopic (exact) mass is 295 g/mol. The maximum atomic E-state index is 10.6. The molecule has 1 N–H and O–H groups in total. The van der Waals surface area contributed by atoms with Crippen molar-refractivity contribution in [2.24, 2.45) is 5.92 Å². The van der Waals surface area contributed by atoms with Crippen molar-refractivity contribution in [3.05, 3.63) is 29.3 Å². The van der Waals surface area contributed by atoms with Crippen LogP contribution in [-0.2, 0) is 4.74 Å². The summed E-state index contributed by atoms with van der Waals surface area (Å²) in [7, 11) is 3.34. The van der Waals surface area contributed by atoms with Crippen LogP contribution in [0.1, 0.15) is 31.1 Å². The van der Waals surface area contributed by atoms with Crippen molar-refractivity contribution < 1.29 is 14.6 Å². The molecule has 0 aliphatic carbocycles. The number of aliphatic hydroxyl groups excluding tert-OH is 1. The second kappa shape index (κ2) is 9.03. The summed E-state index contributed by atoms with van der Waals surface area (Å²) in [5, 5.41) is 10.6. The predicted octanol–water partition coefficient (Wildman–Crippen LogP) is 2.64. The lowest BCUT2D eigenvalue weighted by Gasteiger charge is -2.27. The zero-order valence-electron chi connectivity index (χ0n) is 13.9. The first-order chi connectivity index (χ1) is 9.97. The summed E-state index contributed by atoms with van der Waals surface area (Å²) in [6.07, 6.45) is -0.560. The Morgan fingerprint density at radius 3 is 2.48 bits per heavy atom. The average Bonchev–Trinajstić information content (AvgIpc) is 2.44. The largest absolute Gasteiger partial charge is 0.496 e. The highest BCUT2D eigenvalue weighted by Crippen LogP contribution is 2.27. The van der Waals surface area contributed by atoms with Gasteiger partial charge in [-0.1, -0.05) is 25.5 Å². The number of hydrogen-bond acceptors (Lipinski definition) is 4. The highest BCUT2D eigenvalue weighted by molar-refractivity contribution is 5.38. The maximum absolute atomic E-state index is 10.6.